The van der Waals surface area contributed by atoms with Crippen LogP contribution in [0.4, 0.5) is 5.69 Å². The van der Waals surface area contributed by atoms with Crippen molar-refractivity contribution in [2.75, 3.05) is 32.1 Å². The van der Waals surface area contributed by atoms with E-state index in [1.807, 2.05) is 17.6 Å². The Morgan fingerprint density at radius 2 is 1.77 bits per heavy atom. The summed E-state index contributed by atoms with van der Waals surface area (Å²) in [6.45, 7) is 3.72. The van der Waals surface area contributed by atoms with Gasteiger partial charge in [0.2, 0.25) is 11.8 Å². The van der Waals surface area contributed by atoms with Crippen molar-refractivity contribution in [3.63, 3.8) is 0 Å². The Morgan fingerprint density at radius 1 is 1.02 bits per heavy atom. The van der Waals surface area contributed by atoms with Crippen LogP contribution in [-0.4, -0.2) is 60.5 Å². The number of rotatable bonds is 13. The SMILES string of the molecule is CCOC(=O)Cn1c(CC)nc2c(OCc3c(Cl)ccc(N(C)C(=O)CNC(=O)/C=C/c4ccc(C(=O)NC)cc4)c3Cl)cccc21. The summed E-state index contributed by atoms with van der Waals surface area (Å²) < 4.78 is 13.1. The van der Waals surface area contributed by atoms with E-state index in [1.54, 1.807) is 75.6 Å². The van der Waals surface area contributed by atoms with Gasteiger partial charge in [-0.1, -0.05) is 48.3 Å². The number of fused-ring (bicyclic) bond motifs is 1. The molecule has 0 unspecified atom stereocenters. The third kappa shape index (κ3) is 8.49. The standard InChI is InChI=1S/C34H35Cl2N5O6/c1-5-28-39-33-26(41(28)19-31(44)46-6-2)8-7-9-27(33)47-20-23-24(35)15-16-25(32(23)36)40(4)30(43)18-38-29(42)17-12-21-10-13-22(14-11-21)34(45)37-3/h7-17H,5-6,18-20H2,1-4H3,(H,37,45)(H,38,42)/b17-12+. The zero-order chi connectivity index (χ0) is 34.1. The Bertz CT molecular complexity index is 1820. The quantitative estimate of drug-likeness (QED) is 0.147. The molecule has 0 bridgehead atoms. The number of hydrogen-bond acceptors (Lipinski definition) is 7. The number of benzene rings is 3. The number of carbonyl (C=O) groups excluding carboxylic acids is 4. The van der Waals surface area contributed by atoms with Crippen molar-refractivity contribution in [3.8, 4) is 5.75 Å². The summed E-state index contributed by atoms with van der Waals surface area (Å²) in [6.07, 6.45) is 3.48. The van der Waals surface area contributed by atoms with Crippen LogP contribution in [0.5, 0.6) is 5.75 Å². The smallest absolute Gasteiger partial charge is 0.326 e. The van der Waals surface area contributed by atoms with Crippen LogP contribution in [-0.2, 0) is 38.7 Å². The lowest BCUT2D eigenvalue weighted by Crippen LogP contribution is -2.37. The summed E-state index contributed by atoms with van der Waals surface area (Å²) in [5, 5.41) is 5.67. The van der Waals surface area contributed by atoms with Gasteiger partial charge >= 0.3 is 5.97 Å². The lowest BCUT2D eigenvalue weighted by molar-refractivity contribution is -0.143. The second-order valence-corrected chi connectivity index (χ2v) is 11.0. The van der Waals surface area contributed by atoms with Crippen molar-refractivity contribution in [1.82, 2.24) is 20.2 Å². The fourth-order valence-electron chi connectivity index (χ4n) is 4.73. The van der Waals surface area contributed by atoms with Gasteiger partial charge in [0.15, 0.2) is 0 Å². The molecule has 0 aliphatic rings. The second-order valence-electron chi connectivity index (χ2n) is 10.2. The van der Waals surface area contributed by atoms with E-state index in [9.17, 15) is 19.2 Å². The van der Waals surface area contributed by atoms with Crippen molar-refractivity contribution in [3.05, 3.63) is 93.2 Å². The van der Waals surface area contributed by atoms with E-state index in [1.165, 1.54) is 11.0 Å². The average Bonchev–Trinajstić information content (AvgIpc) is 3.43. The van der Waals surface area contributed by atoms with E-state index in [0.29, 0.717) is 50.9 Å². The number of anilines is 1. The first-order valence-corrected chi connectivity index (χ1v) is 15.6. The summed E-state index contributed by atoms with van der Waals surface area (Å²) in [5.41, 5.74) is 3.35. The minimum Gasteiger partial charge on any atom is -0.486 e. The van der Waals surface area contributed by atoms with Gasteiger partial charge in [0, 0.05) is 42.7 Å². The number of likely N-dealkylation sites (N-methyl/N-ethyl adjacent to an activating group) is 1. The molecule has 0 fully saturated rings. The molecule has 11 nitrogen and oxygen atoms in total. The van der Waals surface area contributed by atoms with E-state index in [0.717, 1.165) is 5.52 Å². The second kappa shape index (κ2) is 16.1. The Morgan fingerprint density at radius 3 is 2.45 bits per heavy atom. The van der Waals surface area contributed by atoms with E-state index < -0.39 is 11.8 Å². The van der Waals surface area contributed by atoms with Crippen molar-refractivity contribution in [2.24, 2.45) is 0 Å². The molecule has 13 heteroatoms. The first-order valence-electron chi connectivity index (χ1n) is 14.9. The number of amides is 3. The zero-order valence-corrected chi connectivity index (χ0v) is 27.9. The number of carbonyl (C=O) groups is 4. The molecule has 0 aliphatic heterocycles. The Hall–Kier alpha value is -4.87. The summed E-state index contributed by atoms with van der Waals surface area (Å²) >= 11 is 13.2. The van der Waals surface area contributed by atoms with Crippen molar-refractivity contribution >= 4 is 69.7 Å². The first kappa shape index (κ1) is 35.0. The topological polar surface area (TPSA) is 132 Å². The van der Waals surface area contributed by atoms with Crippen molar-refractivity contribution in [2.45, 2.75) is 33.4 Å². The zero-order valence-electron chi connectivity index (χ0n) is 26.4. The molecule has 0 saturated heterocycles. The third-order valence-electron chi connectivity index (χ3n) is 7.24. The van der Waals surface area contributed by atoms with Crippen LogP contribution in [0.2, 0.25) is 10.0 Å². The molecule has 3 amide bonds. The van der Waals surface area contributed by atoms with E-state index in [2.05, 4.69) is 10.6 Å². The number of aryl methyl sites for hydroxylation is 1. The van der Waals surface area contributed by atoms with Crippen LogP contribution >= 0.6 is 23.2 Å². The van der Waals surface area contributed by atoms with Crippen LogP contribution < -0.4 is 20.3 Å². The molecule has 4 rings (SSSR count). The number of nitrogens with zero attached hydrogens (tertiary/aromatic N) is 3. The normalized spacial score (nSPS) is 11.0. The highest BCUT2D eigenvalue weighted by atomic mass is 35.5. The average molecular weight is 681 g/mol. The van der Waals surface area contributed by atoms with Crippen molar-refractivity contribution < 1.29 is 28.7 Å². The molecular weight excluding hydrogens is 645 g/mol. The fraction of sp³-hybridized carbons (Fsp3) is 0.265. The fourth-order valence-corrected chi connectivity index (χ4v) is 5.34. The van der Waals surface area contributed by atoms with Crippen LogP contribution in [0.25, 0.3) is 17.1 Å². The predicted octanol–water partition coefficient (Wildman–Crippen LogP) is 5.20. The van der Waals surface area contributed by atoms with Gasteiger partial charge in [-0.25, -0.2) is 4.98 Å². The Balaban J connectivity index is 1.42. The molecule has 3 aromatic carbocycles. The molecule has 47 heavy (non-hydrogen) atoms. The molecule has 0 spiro atoms. The number of hydrogen-bond donors (Lipinski definition) is 2. The van der Waals surface area contributed by atoms with Crippen LogP contribution in [0.1, 0.15) is 41.2 Å². The predicted molar refractivity (Wildman–Crippen MR) is 182 cm³/mol. The van der Waals surface area contributed by atoms with Gasteiger partial charge in [-0.2, -0.15) is 0 Å². The van der Waals surface area contributed by atoms with Crippen LogP contribution in [0.3, 0.4) is 0 Å². The molecule has 0 saturated carbocycles. The Labute approximate surface area is 282 Å². The molecule has 0 atom stereocenters. The van der Waals surface area contributed by atoms with Gasteiger partial charge in [-0.05, 0) is 55.0 Å². The van der Waals surface area contributed by atoms with Crippen molar-refractivity contribution in [1.29, 1.82) is 0 Å². The minimum absolute atomic E-state index is 0.0233. The highest BCUT2D eigenvalue weighted by Gasteiger charge is 2.21. The van der Waals surface area contributed by atoms with Gasteiger partial charge in [0.25, 0.3) is 5.91 Å². The van der Waals surface area contributed by atoms with Gasteiger partial charge in [0.1, 0.15) is 30.2 Å². The molecule has 1 aromatic heterocycles. The van der Waals surface area contributed by atoms with Gasteiger partial charge in [-0.3, -0.25) is 19.2 Å². The van der Waals surface area contributed by atoms with Gasteiger partial charge in [-0.15, -0.1) is 0 Å². The van der Waals surface area contributed by atoms with Crippen LogP contribution in [0, 0.1) is 0 Å². The van der Waals surface area contributed by atoms with E-state index in [4.69, 9.17) is 37.7 Å². The maximum absolute atomic E-state index is 13.0. The summed E-state index contributed by atoms with van der Waals surface area (Å²) in [4.78, 5) is 55.3. The molecule has 4 aromatic rings. The van der Waals surface area contributed by atoms with Gasteiger partial charge in [0.05, 0.1) is 29.4 Å². The van der Waals surface area contributed by atoms with E-state index >= 15 is 0 Å². The minimum atomic E-state index is -0.469. The van der Waals surface area contributed by atoms with Gasteiger partial charge < -0.3 is 29.6 Å². The number of para-hydroxylation sites is 1. The molecule has 1 heterocycles. The maximum atomic E-state index is 13.0. The Kier molecular flexibility index (Phi) is 12.0. The number of ether oxygens (including phenoxy) is 2. The first-order chi connectivity index (χ1) is 22.6. The summed E-state index contributed by atoms with van der Waals surface area (Å²) in [5.74, 6) is -0.267. The van der Waals surface area contributed by atoms with E-state index in [-0.39, 0.29) is 43.2 Å². The number of aromatic nitrogens is 2. The number of halogens is 2. The number of imidazole rings is 1. The summed E-state index contributed by atoms with van der Waals surface area (Å²) in [7, 11) is 3.09. The molecule has 0 radical (unpaired) electrons. The van der Waals surface area contributed by atoms with Crippen LogP contribution in [0.15, 0.2) is 60.7 Å². The highest BCUT2D eigenvalue weighted by Crippen LogP contribution is 2.35. The number of nitrogens with one attached hydrogen (secondary N) is 2. The summed E-state index contributed by atoms with van der Waals surface area (Å²) in [6, 6.07) is 15.4. The highest BCUT2D eigenvalue weighted by molar-refractivity contribution is 6.38. The molecular formula is C34H35Cl2N5O6. The third-order valence-corrected chi connectivity index (χ3v) is 8.02. The number of esters is 1. The molecule has 246 valence electrons. The lowest BCUT2D eigenvalue weighted by atomic mass is 10.1. The molecule has 2 N–H and O–H groups in total. The monoisotopic (exact) mass is 679 g/mol. The largest absolute Gasteiger partial charge is 0.486 e. The lowest BCUT2D eigenvalue weighted by Gasteiger charge is -2.21. The maximum Gasteiger partial charge on any atom is 0.326 e. The molecule has 0 aliphatic carbocycles.